The van der Waals surface area contributed by atoms with Gasteiger partial charge in [-0.1, -0.05) is 38.5 Å². The molecule has 4 nitrogen and oxygen atoms in total. The van der Waals surface area contributed by atoms with Crippen molar-refractivity contribution in [3.05, 3.63) is 45.3 Å². The molecular weight excluding hydrogens is 344 g/mol. The molecule has 1 aromatic carbocycles. The third-order valence-electron chi connectivity index (χ3n) is 4.57. The Morgan fingerprint density at radius 1 is 1.15 bits per heavy atom. The zero-order chi connectivity index (χ0) is 19.3. The lowest BCUT2D eigenvalue weighted by atomic mass is 10.0. The van der Waals surface area contributed by atoms with Crippen LogP contribution in [0.25, 0.3) is 11.0 Å². The molecule has 0 fully saturated rings. The first kappa shape index (κ1) is 20.6. The number of thioether (sulfide) groups is 1. The molecule has 0 unspecified atom stereocenters. The van der Waals surface area contributed by atoms with Gasteiger partial charge in [-0.2, -0.15) is 0 Å². The van der Waals surface area contributed by atoms with Gasteiger partial charge in [0, 0.05) is 23.2 Å². The van der Waals surface area contributed by atoms with Gasteiger partial charge in [-0.05, 0) is 61.9 Å². The Hall–Kier alpha value is -1.75. The summed E-state index contributed by atoms with van der Waals surface area (Å²) in [5, 5.41) is 1.55. The van der Waals surface area contributed by atoms with E-state index >= 15 is 0 Å². The average molecular weight is 375 g/mol. The van der Waals surface area contributed by atoms with E-state index in [0.29, 0.717) is 16.5 Å². The Kier molecular flexibility index (Phi) is 7.33. The second-order valence-electron chi connectivity index (χ2n) is 7.45. The fourth-order valence-corrected chi connectivity index (χ4v) is 3.69. The van der Waals surface area contributed by atoms with Crippen LogP contribution in [0.1, 0.15) is 56.7 Å². The maximum absolute atomic E-state index is 11.9. The fourth-order valence-electron chi connectivity index (χ4n) is 2.89. The zero-order valence-electron chi connectivity index (χ0n) is 16.5. The van der Waals surface area contributed by atoms with Crippen molar-refractivity contribution in [3.8, 4) is 0 Å². The largest absolute Gasteiger partial charge is 0.423 e. The first-order valence-corrected chi connectivity index (χ1v) is 10.2. The van der Waals surface area contributed by atoms with Crippen molar-refractivity contribution >= 4 is 27.9 Å². The van der Waals surface area contributed by atoms with E-state index in [1.165, 1.54) is 30.2 Å². The van der Waals surface area contributed by atoms with E-state index in [9.17, 15) is 4.79 Å². The van der Waals surface area contributed by atoms with Gasteiger partial charge in [0.05, 0.1) is 0 Å². The second kappa shape index (κ2) is 9.26. The van der Waals surface area contributed by atoms with Gasteiger partial charge in [-0.3, -0.25) is 4.99 Å². The van der Waals surface area contributed by atoms with Gasteiger partial charge in [-0.15, -0.1) is 0 Å². The van der Waals surface area contributed by atoms with Gasteiger partial charge in [0.1, 0.15) is 5.58 Å². The number of nitrogens with two attached hydrogens (primary N) is 1. The van der Waals surface area contributed by atoms with E-state index in [1.807, 2.05) is 13.0 Å². The normalized spacial score (nSPS) is 13.5. The summed E-state index contributed by atoms with van der Waals surface area (Å²) in [5.41, 5.74) is 9.64. The fraction of sp³-hybridized carbons (Fsp3) is 0.524. The Morgan fingerprint density at radius 2 is 1.85 bits per heavy atom. The Balaban J connectivity index is 2.07. The van der Waals surface area contributed by atoms with E-state index in [0.717, 1.165) is 28.9 Å². The van der Waals surface area contributed by atoms with E-state index in [2.05, 4.69) is 38.8 Å². The van der Waals surface area contributed by atoms with Crippen LogP contribution in [-0.4, -0.2) is 11.2 Å². The molecule has 5 heteroatoms. The Morgan fingerprint density at radius 3 is 2.54 bits per heavy atom. The first-order chi connectivity index (χ1) is 12.3. The first-order valence-electron chi connectivity index (χ1n) is 9.26. The number of aryl methyl sites for hydroxylation is 2. The maximum Gasteiger partial charge on any atom is 0.336 e. The third-order valence-corrected chi connectivity index (χ3v) is 5.43. The maximum atomic E-state index is 11.9. The van der Waals surface area contributed by atoms with Crippen LogP contribution in [0.15, 0.2) is 32.4 Å². The second-order valence-corrected chi connectivity index (χ2v) is 8.45. The summed E-state index contributed by atoms with van der Waals surface area (Å²) in [6.07, 6.45) is 3.44. The molecule has 2 rings (SSSR count). The Labute approximate surface area is 160 Å². The molecule has 2 N–H and O–H groups in total. The molecule has 142 valence electrons. The quantitative estimate of drug-likeness (QED) is 0.412. The minimum atomic E-state index is -0.325. The standard InChI is InChI=1S/C21H30N2O2S/c1-13(2)7-6-8-16(5)23-21(22)26-12-17-11-20(24)25-19-10-15(4)14(3)9-18(17)19/h9-11,13,16H,6-8,12H2,1-5H3,(H2,22,23)/t16-/m1/s1. The van der Waals surface area contributed by atoms with Gasteiger partial charge in [-0.25, -0.2) is 4.79 Å². The minimum Gasteiger partial charge on any atom is -0.423 e. The molecule has 0 saturated carbocycles. The van der Waals surface area contributed by atoms with Crippen molar-refractivity contribution in [2.45, 2.75) is 65.7 Å². The third kappa shape index (κ3) is 5.90. The van der Waals surface area contributed by atoms with Crippen molar-refractivity contribution in [2.24, 2.45) is 16.6 Å². The van der Waals surface area contributed by atoms with Crippen molar-refractivity contribution in [1.29, 1.82) is 0 Å². The highest BCUT2D eigenvalue weighted by molar-refractivity contribution is 8.13. The lowest BCUT2D eigenvalue weighted by Crippen LogP contribution is -2.12. The molecule has 2 aromatic rings. The number of hydrogen-bond acceptors (Lipinski definition) is 4. The molecule has 0 amide bonds. The van der Waals surface area contributed by atoms with Crippen molar-refractivity contribution < 1.29 is 4.42 Å². The number of nitrogens with zero attached hydrogens (tertiary/aromatic N) is 1. The van der Waals surface area contributed by atoms with Crippen LogP contribution in [0.2, 0.25) is 0 Å². The van der Waals surface area contributed by atoms with E-state index < -0.39 is 0 Å². The van der Waals surface area contributed by atoms with Gasteiger partial charge >= 0.3 is 5.63 Å². The molecule has 26 heavy (non-hydrogen) atoms. The van der Waals surface area contributed by atoms with Crippen molar-refractivity contribution in [3.63, 3.8) is 0 Å². The lowest BCUT2D eigenvalue weighted by Gasteiger charge is -2.10. The summed E-state index contributed by atoms with van der Waals surface area (Å²) in [6, 6.07) is 5.78. The topological polar surface area (TPSA) is 68.6 Å². The van der Waals surface area contributed by atoms with Gasteiger partial charge in [0.2, 0.25) is 0 Å². The summed E-state index contributed by atoms with van der Waals surface area (Å²) >= 11 is 1.48. The van der Waals surface area contributed by atoms with E-state index in [1.54, 1.807) is 6.07 Å². The average Bonchev–Trinajstić information content (AvgIpc) is 2.54. The van der Waals surface area contributed by atoms with Crippen LogP contribution < -0.4 is 11.4 Å². The highest BCUT2D eigenvalue weighted by Crippen LogP contribution is 2.24. The molecule has 1 atom stereocenters. The number of aliphatic imine (C=N–C) groups is 1. The van der Waals surface area contributed by atoms with Gasteiger partial charge in [0.15, 0.2) is 5.17 Å². The molecule has 0 saturated heterocycles. The van der Waals surface area contributed by atoms with E-state index in [-0.39, 0.29) is 11.7 Å². The van der Waals surface area contributed by atoms with Crippen LogP contribution in [0.4, 0.5) is 0 Å². The molecule has 0 radical (unpaired) electrons. The number of fused-ring (bicyclic) bond motifs is 1. The Bertz CT molecular complexity index is 840. The number of hydrogen-bond donors (Lipinski definition) is 1. The summed E-state index contributed by atoms with van der Waals surface area (Å²) < 4.78 is 5.35. The van der Waals surface area contributed by atoms with Crippen LogP contribution in [-0.2, 0) is 5.75 Å². The van der Waals surface area contributed by atoms with Crippen LogP contribution in [0.3, 0.4) is 0 Å². The molecule has 1 heterocycles. The van der Waals surface area contributed by atoms with E-state index in [4.69, 9.17) is 10.2 Å². The van der Waals surface area contributed by atoms with Gasteiger partial charge < -0.3 is 10.2 Å². The minimum absolute atomic E-state index is 0.226. The molecule has 1 aromatic heterocycles. The van der Waals surface area contributed by atoms with Crippen LogP contribution in [0, 0.1) is 19.8 Å². The highest BCUT2D eigenvalue weighted by Gasteiger charge is 2.09. The summed E-state index contributed by atoms with van der Waals surface area (Å²) in [6.45, 7) is 10.7. The van der Waals surface area contributed by atoms with Crippen LogP contribution in [0.5, 0.6) is 0 Å². The smallest absolute Gasteiger partial charge is 0.336 e. The molecule has 0 aliphatic heterocycles. The molecule has 0 spiro atoms. The van der Waals surface area contributed by atoms with Crippen molar-refractivity contribution in [1.82, 2.24) is 0 Å². The number of benzene rings is 1. The highest BCUT2D eigenvalue weighted by atomic mass is 32.2. The molecule has 0 aliphatic carbocycles. The van der Waals surface area contributed by atoms with Crippen molar-refractivity contribution in [2.75, 3.05) is 0 Å². The number of amidine groups is 1. The molecular formula is C21H30N2O2S. The zero-order valence-corrected chi connectivity index (χ0v) is 17.3. The predicted molar refractivity (Wildman–Crippen MR) is 113 cm³/mol. The monoisotopic (exact) mass is 374 g/mol. The summed E-state index contributed by atoms with van der Waals surface area (Å²) in [4.78, 5) is 16.4. The summed E-state index contributed by atoms with van der Waals surface area (Å²) in [7, 11) is 0. The van der Waals surface area contributed by atoms with Gasteiger partial charge in [0.25, 0.3) is 0 Å². The SMILES string of the molecule is Cc1cc2oc(=O)cc(CSC(N)=N[C@H](C)CCCC(C)C)c2cc1C. The summed E-state index contributed by atoms with van der Waals surface area (Å²) in [5.74, 6) is 1.33. The number of rotatable bonds is 7. The lowest BCUT2D eigenvalue weighted by molar-refractivity contribution is 0.512. The van der Waals surface area contributed by atoms with Crippen LogP contribution >= 0.6 is 11.8 Å². The predicted octanol–water partition coefficient (Wildman–Crippen LogP) is 5.17. The molecule has 0 bridgehead atoms. The molecule has 0 aliphatic rings.